The first-order chi connectivity index (χ1) is 15.4. The second-order valence-corrected chi connectivity index (χ2v) is 7.63. The molecule has 0 unspecified atom stereocenters. The lowest BCUT2D eigenvalue weighted by molar-refractivity contribution is -0.122. The SMILES string of the molecule is CN1CCC[C@@H](Nc2nnc(-c3ccc(Cl)cc3OC(F)F)c3ccncc23)C1.O=CO. The summed E-state index contributed by atoms with van der Waals surface area (Å²) < 4.78 is 30.5. The molecule has 8 nitrogen and oxygen atoms in total. The molecule has 1 saturated heterocycles. The fourth-order valence-electron chi connectivity index (χ4n) is 3.67. The number of nitrogens with one attached hydrogen (secondary N) is 1. The molecule has 170 valence electrons. The molecule has 32 heavy (non-hydrogen) atoms. The fourth-order valence-corrected chi connectivity index (χ4v) is 3.83. The molecule has 1 aliphatic rings. The molecular weight excluding hydrogens is 444 g/mol. The van der Waals surface area contributed by atoms with Crippen LogP contribution in [0.5, 0.6) is 5.75 Å². The molecule has 1 aromatic carbocycles. The molecule has 0 amide bonds. The summed E-state index contributed by atoms with van der Waals surface area (Å²) in [5, 5.41) is 20.8. The highest BCUT2D eigenvalue weighted by molar-refractivity contribution is 6.30. The third-order valence-electron chi connectivity index (χ3n) is 4.96. The van der Waals surface area contributed by atoms with Gasteiger partial charge in [0.05, 0.1) is 0 Å². The number of hydrogen-bond acceptors (Lipinski definition) is 7. The molecule has 11 heteroatoms. The zero-order chi connectivity index (χ0) is 23.1. The van der Waals surface area contributed by atoms with Crippen LogP contribution in [0.1, 0.15) is 12.8 Å². The van der Waals surface area contributed by atoms with E-state index in [0.717, 1.165) is 36.7 Å². The summed E-state index contributed by atoms with van der Waals surface area (Å²) in [6.07, 6.45) is 5.48. The summed E-state index contributed by atoms with van der Waals surface area (Å²) in [5.41, 5.74) is 0.823. The Morgan fingerprint density at radius 3 is 2.81 bits per heavy atom. The summed E-state index contributed by atoms with van der Waals surface area (Å²) in [4.78, 5) is 14.8. The predicted octanol–water partition coefficient (Wildman–Crippen LogP) is 4.15. The number of rotatable bonds is 5. The van der Waals surface area contributed by atoms with Gasteiger partial charge in [0, 0.05) is 46.3 Å². The minimum atomic E-state index is -2.97. The van der Waals surface area contributed by atoms with Gasteiger partial charge < -0.3 is 20.1 Å². The van der Waals surface area contributed by atoms with Gasteiger partial charge in [-0.3, -0.25) is 9.78 Å². The van der Waals surface area contributed by atoms with Crippen molar-refractivity contribution in [3.63, 3.8) is 0 Å². The Hall–Kier alpha value is -3.11. The van der Waals surface area contributed by atoms with Crippen LogP contribution in [0.2, 0.25) is 5.02 Å². The topological polar surface area (TPSA) is 100 Å². The molecule has 0 aliphatic carbocycles. The third kappa shape index (κ3) is 5.77. The van der Waals surface area contributed by atoms with Gasteiger partial charge in [0.2, 0.25) is 0 Å². The van der Waals surface area contributed by atoms with Crippen molar-refractivity contribution in [3.05, 3.63) is 41.7 Å². The number of likely N-dealkylation sites (tertiary alicyclic amines) is 1. The van der Waals surface area contributed by atoms with Crippen molar-refractivity contribution in [1.29, 1.82) is 0 Å². The molecule has 0 radical (unpaired) electrons. The van der Waals surface area contributed by atoms with Crippen molar-refractivity contribution >= 4 is 34.7 Å². The van der Waals surface area contributed by atoms with Crippen LogP contribution in [0.3, 0.4) is 0 Å². The molecule has 4 rings (SSSR count). The molecule has 3 heterocycles. The van der Waals surface area contributed by atoms with Crippen molar-refractivity contribution in [3.8, 4) is 17.0 Å². The normalized spacial score (nSPS) is 16.3. The third-order valence-corrected chi connectivity index (χ3v) is 5.20. The zero-order valence-electron chi connectivity index (χ0n) is 17.2. The Kier molecular flexibility index (Phi) is 8.07. The molecule has 3 aromatic rings. The lowest BCUT2D eigenvalue weighted by Gasteiger charge is -2.30. The van der Waals surface area contributed by atoms with Gasteiger partial charge in [-0.05, 0) is 50.7 Å². The molecule has 2 aromatic heterocycles. The second kappa shape index (κ2) is 11.0. The largest absolute Gasteiger partial charge is 0.483 e. The Labute approximate surface area is 188 Å². The molecule has 1 aliphatic heterocycles. The van der Waals surface area contributed by atoms with Gasteiger partial charge in [0.15, 0.2) is 5.82 Å². The van der Waals surface area contributed by atoms with E-state index in [-0.39, 0.29) is 18.3 Å². The van der Waals surface area contributed by atoms with Gasteiger partial charge in [0.25, 0.3) is 6.47 Å². The summed E-state index contributed by atoms with van der Waals surface area (Å²) >= 11 is 5.97. The minimum Gasteiger partial charge on any atom is -0.483 e. The number of carbonyl (C=O) groups is 1. The number of fused-ring (bicyclic) bond motifs is 1. The van der Waals surface area contributed by atoms with E-state index in [1.807, 2.05) is 0 Å². The molecule has 0 bridgehead atoms. The van der Waals surface area contributed by atoms with Crippen LogP contribution in [-0.4, -0.2) is 64.5 Å². The first-order valence-electron chi connectivity index (χ1n) is 9.81. The standard InChI is InChI=1S/C20H20ClF2N5O.CH2O2/c1-28-8-2-3-13(11-28)25-19-16-10-24-7-6-14(16)18(26-27-19)15-5-4-12(21)9-17(15)29-20(22)23;2-1-3/h4-7,9-10,13,20H,2-3,8,11H2,1H3,(H,25,27);1H,(H,2,3)/t13-;/m1./s1. The molecule has 0 saturated carbocycles. The van der Waals surface area contributed by atoms with E-state index in [4.69, 9.17) is 21.5 Å². The van der Waals surface area contributed by atoms with E-state index in [9.17, 15) is 8.78 Å². The number of likely N-dealkylation sites (N-methyl/N-ethyl adjacent to an activating group) is 1. The zero-order valence-corrected chi connectivity index (χ0v) is 18.0. The van der Waals surface area contributed by atoms with Gasteiger partial charge in [0.1, 0.15) is 11.4 Å². The van der Waals surface area contributed by atoms with Crippen LogP contribution in [0.4, 0.5) is 14.6 Å². The monoisotopic (exact) mass is 465 g/mol. The molecule has 1 fully saturated rings. The van der Waals surface area contributed by atoms with Crippen molar-refractivity contribution in [1.82, 2.24) is 20.1 Å². The van der Waals surface area contributed by atoms with E-state index in [1.54, 1.807) is 30.6 Å². The van der Waals surface area contributed by atoms with Crippen LogP contribution in [0.15, 0.2) is 36.7 Å². The maximum atomic E-state index is 12.9. The average molecular weight is 466 g/mol. The molecule has 2 N–H and O–H groups in total. The van der Waals surface area contributed by atoms with Gasteiger partial charge in [-0.1, -0.05) is 11.6 Å². The van der Waals surface area contributed by atoms with Crippen LogP contribution in [0.25, 0.3) is 22.0 Å². The highest BCUT2D eigenvalue weighted by atomic mass is 35.5. The van der Waals surface area contributed by atoms with Crippen LogP contribution in [-0.2, 0) is 4.79 Å². The van der Waals surface area contributed by atoms with Crippen molar-refractivity contribution in [2.24, 2.45) is 0 Å². The maximum Gasteiger partial charge on any atom is 0.387 e. The number of benzene rings is 1. The summed E-state index contributed by atoms with van der Waals surface area (Å²) in [6.45, 7) is -1.24. The van der Waals surface area contributed by atoms with Crippen LogP contribution in [0, 0.1) is 0 Å². The van der Waals surface area contributed by atoms with E-state index in [0.29, 0.717) is 22.1 Å². The number of nitrogens with zero attached hydrogens (tertiary/aromatic N) is 4. The molecular formula is C21H22ClF2N5O3. The Morgan fingerprint density at radius 1 is 1.31 bits per heavy atom. The van der Waals surface area contributed by atoms with Gasteiger partial charge >= 0.3 is 6.61 Å². The number of ether oxygens (including phenoxy) is 1. The second-order valence-electron chi connectivity index (χ2n) is 7.19. The van der Waals surface area contributed by atoms with Crippen molar-refractivity contribution < 1.29 is 23.4 Å². The highest BCUT2D eigenvalue weighted by Crippen LogP contribution is 2.37. The quantitative estimate of drug-likeness (QED) is 0.542. The minimum absolute atomic E-state index is 0.0467. The number of carboxylic acid groups (broad SMARTS) is 1. The van der Waals surface area contributed by atoms with E-state index < -0.39 is 6.61 Å². The lowest BCUT2D eigenvalue weighted by atomic mass is 10.0. The van der Waals surface area contributed by atoms with E-state index >= 15 is 0 Å². The summed E-state index contributed by atoms with van der Waals surface area (Å²) in [6, 6.07) is 6.60. The number of pyridine rings is 1. The van der Waals surface area contributed by atoms with E-state index in [2.05, 4.69) is 37.2 Å². The van der Waals surface area contributed by atoms with Gasteiger partial charge in [-0.2, -0.15) is 8.78 Å². The number of hydrogen-bond donors (Lipinski definition) is 2. The molecule has 1 atom stereocenters. The number of piperidine rings is 1. The smallest absolute Gasteiger partial charge is 0.387 e. The highest BCUT2D eigenvalue weighted by Gasteiger charge is 2.21. The summed E-state index contributed by atoms with van der Waals surface area (Å²) in [7, 11) is 2.09. The number of halogens is 3. The number of aromatic nitrogens is 3. The lowest BCUT2D eigenvalue weighted by Crippen LogP contribution is -2.40. The first-order valence-corrected chi connectivity index (χ1v) is 10.2. The fraction of sp³-hybridized carbons (Fsp3) is 0.333. The predicted molar refractivity (Wildman–Crippen MR) is 117 cm³/mol. The Balaban J connectivity index is 0.000000913. The van der Waals surface area contributed by atoms with Gasteiger partial charge in [-0.15, -0.1) is 10.2 Å². The maximum absolute atomic E-state index is 12.9. The number of anilines is 1. The first kappa shape index (κ1) is 23.6. The van der Waals surface area contributed by atoms with E-state index in [1.165, 1.54) is 6.07 Å². The van der Waals surface area contributed by atoms with Gasteiger partial charge in [-0.25, -0.2) is 0 Å². The Bertz CT molecular complexity index is 1070. The average Bonchev–Trinajstić information content (AvgIpc) is 2.75. The van der Waals surface area contributed by atoms with Crippen molar-refractivity contribution in [2.75, 3.05) is 25.5 Å². The molecule has 0 spiro atoms. The number of alkyl halides is 2. The Morgan fingerprint density at radius 2 is 2.09 bits per heavy atom. The van der Waals surface area contributed by atoms with Crippen LogP contribution < -0.4 is 10.1 Å². The summed E-state index contributed by atoms with van der Waals surface area (Å²) in [5.74, 6) is 0.581. The van der Waals surface area contributed by atoms with Crippen LogP contribution >= 0.6 is 11.6 Å². The van der Waals surface area contributed by atoms with Crippen molar-refractivity contribution in [2.45, 2.75) is 25.5 Å².